The molecule has 0 saturated heterocycles. The molecule has 0 radical (unpaired) electrons. The van der Waals surface area contributed by atoms with Crippen molar-refractivity contribution < 1.29 is 14.4 Å². The van der Waals surface area contributed by atoms with Crippen LogP contribution < -0.4 is 16.0 Å². The summed E-state index contributed by atoms with van der Waals surface area (Å²) in [5.74, 6) is -1.36. The van der Waals surface area contributed by atoms with Crippen molar-refractivity contribution in [2.75, 3.05) is 16.0 Å². The highest BCUT2D eigenvalue weighted by atomic mass is 16.2. The molecule has 7 aromatic rings. The zero-order chi connectivity index (χ0) is 35.0. The predicted octanol–water partition coefficient (Wildman–Crippen LogP) is 10.4. The Hall–Kier alpha value is -7.05. The van der Waals surface area contributed by atoms with Gasteiger partial charge in [-0.2, -0.15) is 0 Å². The van der Waals surface area contributed by atoms with E-state index in [0.29, 0.717) is 17.1 Å². The maximum absolute atomic E-state index is 13.6. The van der Waals surface area contributed by atoms with Gasteiger partial charge in [-0.3, -0.25) is 14.4 Å². The molecule has 7 rings (SSSR count). The van der Waals surface area contributed by atoms with Crippen molar-refractivity contribution in [2.24, 2.45) is 0 Å². The van der Waals surface area contributed by atoms with E-state index in [1.54, 1.807) is 0 Å². The highest BCUT2D eigenvalue weighted by Gasteiger charge is 2.18. The second kappa shape index (κ2) is 15.0. The first-order valence-corrected chi connectivity index (χ1v) is 16.5. The fourth-order valence-corrected chi connectivity index (χ4v) is 5.76. The lowest BCUT2D eigenvalue weighted by molar-refractivity contribution is 0.102. The van der Waals surface area contributed by atoms with Gasteiger partial charge in [0.05, 0.1) is 0 Å². The number of anilines is 3. The van der Waals surface area contributed by atoms with Crippen LogP contribution in [-0.2, 0) is 0 Å². The molecule has 0 aliphatic heterocycles. The zero-order valence-corrected chi connectivity index (χ0v) is 27.5. The van der Waals surface area contributed by atoms with Crippen molar-refractivity contribution in [1.29, 1.82) is 0 Å². The van der Waals surface area contributed by atoms with E-state index in [0.717, 1.165) is 33.4 Å². The van der Waals surface area contributed by atoms with Gasteiger partial charge in [0, 0.05) is 33.8 Å². The number of amides is 3. The Morgan fingerprint density at radius 3 is 0.725 bits per heavy atom. The second-order valence-electron chi connectivity index (χ2n) is 12.0. The number of nitrogens with one attached hydrogen (secondary N) is 3. The van der Waals surface area contributed by atoms with Crippen molar-refractivity contribution in [3.63, 3.8) is 0 Å². The first kappa shape index (κ1) is 32.5. The Kier molecular flexibility index (Phi) is 9.57. The van der Waals surface area contributed by atoms with Gasteiger partial charge in [0.1, 0.15) is 0 Å². The topological polar surface area (TPSA) is 87.3 Å². The van der Waals surface area contributed by atoms with Crippen molar-refractivity contribution in [2.45, 2.75) is 0 Å². The maximum atomic E-state index is 13.6. The monoisotopic (exact) mass is 663 g/mol. The van der Waals surface area contributed by atoms with Gasteiger partial charge < -0.3 is 16.0 Å². The quantitative estimate of drug-likeness (QED) is 0.144. The molecule has 0 fully saturated rings. The number of carbonyl (C=O) groups excluding carboxylic acids is 3. The average Bonchev–Trinajstić information content (AvgIpc) is 3.19. The van der Waals surface area contributed by atoms with Gasteiger partial charge in [-0.05, 0) is 88.0 Å². The van der Waals surface area contributed by atoms with Crippen molar-refractivity contribution in [1.82, 2.24) is 0 Å². The van der Waals surface area contributed by atoms with Gasteiger partial charge >= 0.3 is 0 Å². The van der Waals surface area contributed by atoms with E-state index in [2.05, 4.69) is 16.0 Å². The van der Waals surface area contributed by atoms with Gasteiger partial charge in [-0.25, -0.2) is 0 Å². The number of hydrogen-bond acceptors (Lipinski definition) is 3. The highest BCUT2D eigenvalue weighted by molar-refractivity contribution is 6.13. The lowest BCUT2D eigenvalue weighted by Crippen LogP contribution is -2.19. The Balaban J connectivity index is 1.13. The number of carbonyl (C=O) groups is 3. The molecule has 51 heavy (non-hydrogen) atoms. The minimum atomic E-state index is -0.453. The van der Waals surface area contributed by atoms with Gasteiger partial charge in [0.2, 0.25) is 0 Å². The van der Waals surface area contributed by atoms with E-state index in [4.69, 9.17) is 0 Å². The van der Waals surface area contributed by atoms with E-state index in [9.17, 15) is 14.4 Å². The summed E-state index contributed by atoms with van der Waals surface area (Å²) in [6, 6.07) is 56.8. The minimum Gasteiger partial charge on any atom is -0.322 e. The summed E-state index contributed by atoms with van der Waals surface area (Å²) in [6.45, 7) is 0. The molecule has 3 N–H and O–H groups in total. The largest absolute Gasteiger partial charge is 0.322 e. The van der Waals surface area contributed by atoms with Crippen LogP contribution in [0.4, 0.5) is 17.1 Å². The molecule has 0 unspecified atom stereocenters. The van der Waals surface area contributed by atoms with E-state index in [-0.39, 0.29) is 16.7 Å². The maximum Gasteiger partial charge on any atom is 0.255 e. The first-order chi connectivity index (χ1) is 25.0. The zero-order valence-electron chi connectivity index (χ0n) is 27.5. The van der Waals surface area contributed by atoms with Crippen LogP contribution in [0.15, 0.2) is 182 Å². The van der Waals surface area contributed by atoms with Crippen LogP contribution in [0.3, 0.4) is 0 Å². The van der Waals surface area contributed by atoms with Crippen LogP contribution in [0.25, 0.3) is 33.4 Å². The normalized spacial score (nSPS) is 10.6. The van der Waals surface area contributed by atoms with Gasteiger partial charge in [0.15, 0.2) is 0 Å². The van der Waals surface area contributed by atoms with Crippen LogP contribution in [-0.4, -0.2) is 17.7 Å². The Labute approximate surface area is 296 Å². The molecule has 0 aromatic heterocycles. The van der Waals surface area contributed by atoms with Gasteiger partial charge in [-0.15, -0.1) is 0 Å². The Bertz CT molecular complexity index is 2010. The molecule has 6 nitrogen and oxygen atoms in total. The molecule has 0 aliphatic carbocycles. The molecule has 3 amide bonds. The van der Waals surface area contributed by atoms with Crippen molar-refractivity contribution in [3.05, 3.63) is 199 Å². The van der Waals surface area contributed by atoms with Crippen LogP contribution >= 0.6 is 0 Å². The third-order valence-corrected chi connectivity index (χ3v) is 8.47. The van der Waals surface area contributed by atoms with Crippen LogP contribution in [0.2, 0.25) is 0 Å². The molecule has 7 aromatic carbocycles. The smallest absolute Gasteiger partial charge is 0.255 e. The summed E-state index contributed by atoms with van der Waals surface area (Å²) in [4.78, 5) is 40.8. The SMILES string of the molecule is O=C(Nc1ccc(-c2ccccc2)cc1)c1cc(C(=O)Nc2ccc(-c3ccccc3)cc2)cc(C(=O)Nc2ccc(-c3ccccc3)cc2)c1. The molecule has 0 bridgehead atoms. The van der Waals surface area contributed by atoms with Crippen molar-refractivity contribution in [3.8, 4) is 33.4 Å². The Morgan fingerprint density at radius 2 is 0.490 bits per heavy atom. The molecular formula is C45H33N3O3. The number of hydrogen-bond donors (Lipinski definition) is 3. The third kappa shape index (κ3) is 7.99. The van der Waals surface area contributed by atoms with Gasteiger partial charge in [-0.1, -0.05) is 127 Å². The highest BCUT2D eigenvalue weighted by Crippen LogP contribution is 2.25. The fraction of sp³-hybridized carbons (Fsp3) is 0. The summed E-state index contributed by atoms with van der Waals surface area (Å²) in [7, 11) is 0. The Morgan fingerprint density at radius 1 is 0.275 bits per heavy atom. The molecule has 6 heteroatoms. The van der Waals surface area contributed by atoms with Gasteiger partial charge in [0.25, 0.3) is 17.7 Å². The molecule has 0 heterocycles. The lowest BCUT2D eigenvalue weighted by Gasteiger charge is -2.13. The molecule has 0 aliphatic rings. The van der Waals surface area contributed by atoms with Crippen LogP contribution in [0, 0.1) is 0 Å². The molecule has 0 saturated carbocycles. The predicted molar refractivity (Wildman–Crippen MR) is 206 cm³/mol. The summed E-state index contributed by atoms with van der Waals surface area (Å²) in [5, 5.41) is 8.73. The van der Waals surface area contributed by atoms with E-state index < -0.39 is 17.7 Å². The standard InChI is InChI=1S/C45H33N3O3/c49-43(46-40-22-16-34(17-23-40)31-10-4-1-5-11-31)37-28-38(44(50)47-41-24-18-35(19-25-41)32-12-6-2-7-13-32)30-39(29-37)45(51)48-42-26-20-36(21-27-42)33-14-8-3-9-15-33/h1-30H,(H,46,49)(H,47,50)(H,48,51). The third-order valence-electron chi connectivity index (χ3n) is 8.47. The second-order valence-corrected chi connectivity index (χ2v) is 12.0. The average molecular weight is 664 g/mol. The molecule has 246 valence electrons. The van der Waals surface area contributed by atoms with Crippen molar-refractivity contribution >= 4 is 34.8 Å². The van der Waals surface area contributed by atoms with Crippen LogP contribution in [0.5, 0.6) is 0 Å². The van der Waals surface area contributed by atoms with E-state index in [1.807, 2.05) is 164 Å². The lowest BCUT2D eigenvalue weighted by atomic mass is 10.0. The first-order valence-electron chi connectivity index (χ1n) is 16.5. The summed E-state index contributed by atoms with van der Waals surface area (Å²) >= 11 is 0. The molecule has 0 spiro atoms. The number of benzene rings is 7. The molecular weight excluding hydrogens is 631 g/mol. The van der Waals surface area contributed by atoms with Crippen LogP contribution in [0.1, 0.15) is 31.1 Å². The van der Waals surface area contributed by atoms with E-state index >= 15 is 0 Å². The fourth-order valence-electron chi connectivity index (χ4n) is 5.76. The summed E-state index contributed by atoms with van der Waals surface area (Å²) in [6.07, 6.45) is 0. The summed E-state index contributed by atoms with van der Waals surface area (Å²) < 4.78 is 0. The molecule has 0 atom stereocenters. The minimum absolute atomic E-state index is 0.166. The summed E-state index contributed by atoms with van der Waals surface area (Å²) in [5.41, 5.74) is 8.47. The van der Waals surface area contributed by atoms with E-state index in [1.165, 1.54) is 18.2 Å². The number of rotatable bonds is 9.